The van der Waals surface area contributed by atoms with Crippen LogP contribution in [0.25, 0.3) is 0 Å². The first-order valence-electron chi connectivity index (χ1n) is 8.88. The monoisotopic (exact) mass is 364 g/mol. The molecule has 0 aliphatic carbocycles. The highest BCUT2D eigenvalue weighted by molar-refractivity contribution is 7.18. The number of aryl methyl sites for hydroxylation is 1. The first kappa shape index (κ1) is 23.7. The van der Waals surface area contributed by atoms with Crippen LogP contribution in [0.15, 0.2) is 54.6 Å². The van der Waals surface area contributed by atoms with Crippen LogP contribution in [-0.2, 0) is 5.53 Å². The Labute approximate surface area is 155 Å². The Bertz CT molecular complexity index is 550. The highest BCUT2D eigenvalue weighted by Crippen LogP contribution is 2.26. The number of rotatable bonds is 5. The van der Waals surface area contributed by atoms with E-state index >= 15 is 0 Å². The third-order valence-electron chi connectivity index (χ3n) is 3.69. The summed E-state index contributed by atoms with van der Waals surface area (Å²) in [6.07, 6.45) is 1.21. The van der Waals surface area contributed by atoms with Gasteiger partial charge < -0.3 is 5.32 Å². The van der Waals surface area contributed by atoms with Crippen LogP contribution in [0.1, 0.15) is 49.8 Å². The van der Waals surface area contributed by atoms with E-state index in [1.54, 1.807) is 12.1 Å². The third kappa shape index (κ3) is 10.3. The van der Waals surface area contributed by atoms with E-state index in [9.17, 15) is 4.39 Å². The fourth-order valence-electron chi connectivity index (χ4n) is 2.12. The second-order valence-corrected chi connectivity index (χ2v) is 6.68. The zero-order chi connectivity index (χ0) is 19.3. The van der Waals surface area contributed by atoms with Crippen LogP contribution in [0.5, 0.6) is 0 Å². The van der Waals surface area contributed by atoms with E-state index in [2.05, 4.69) is 42.6 Å². The molecule has 3 N–H and O–H groups in total. The Morgan fingerprint density at radius 2 is 1.60 bits per heavy atom. The Hall–Kier alpha value is -1.28. The summed E-state index contributed by atoms with van der Waals surface area (Å²) in [7, 11) is 3.95. The van der Waals surface area contributed by atoms with E-state index in [4.69, 9.17) is 5.73 Å². The molecule has 0 radical (unpaired) electrons. The molecule has 0 saturated heterocycles. The average molecular weight is 364 g/mol. The van der Waals surface area contributed by atoms with Crippen LogP contribution in [-0.4, -0.2) is 13.6 Å². The van der Waals surface area contributed by atoms with Crippen molar-refractivity contribution in [1.82, 2.24) is 5.32 Å². The van der Waals surface area contributed by atoms with Gasteiger partial charge in [-0.1, -0.05) is 90.2 Å². The molecule has 2 aromatic carbocycles. The molecule has 0 aromatic heterocycles. The van der Waals surface area contributed by atoms with Gasteiger partial charge in [-0.2, -0.15) is 0 Å². The Morgan fingerprint density at radius 3 is 2.04 bits per heavy atom. The smallest absolute Gasteiger partial charge is 0.196 e. The molecule has 0 heterocycles. The van der Waals surface area contributed by atoms with Crippen molar-refractivity contribution >= 4 is 9.24 Å². The molecule has 0 aliphatic heterocycles. The minimum Gasteiger partial charge on any atom is -0.320 e. The minimum absolute atomic E-state index is 0.480. The van der Waals surface area contributed by atoms with Crippen molar-refractivity contribution in [3.05, 3.63) is 71.3 Å². The number of halogens is 1. The summed E-state index contributed by atoms with van der Waals surface area (Å²) < 4.78 is 13.0. The lowest BCUT2D eigenvalue weighted by molar-refractivity contribution is 0.305. The van der Waals surface area contributed by atoms with Crippen LogP contribution in [0.3, 0.4) is 0 Å². The van der Waals surface area contributed by atoms with Crippen LogP contribution in [0, 0.1) is 6.92 Å². The maximum atomic E-state index is 13.0. The maximum absolute atomic E-state index is 13.0. The van der Waals surface area contributed by atoms with Gasteiger partial charge in [0, 0.05) is 5.56 Å². The zero-order valence-corrected chi connectivity index (χ0v) is 17.4. The molecule has 4 heteroatoms. The van der Waals surface area contributed by atoms with Crippen molar-refractivity contribution in [3.8, 4) is 0 Å². The van der Waals surface area contributed by atoms with Crippen LogP contribution in [0.2, 0.25) is 0 Å². The summed E-state index contributed by atoms with van der Waals surface area (Å²) in [4.78, 5) is 0. The van der Waals surface area contributed by atoms with Gasteiger partial charge in [0.1, 0.15) is 0 Å². The first-order valence-corrected chi connectivity index (χ1v) is 9.45. The fraction of sp³-hybridized carbons (Fsp3) is 0.429. The lowest BCUT2D eigenvalue weighted by Crippen LogP contribution is -2.22. The molecule has 0 aliphatic rings. The average Bonchev–Trinajstić information content (AvgIpc) is 2.62. The van der Waals surface area contributed by atoms with E-state index in [1.807, 2.05) is 49.2 Å². The molecule has 3 unspecified atom stereocenters. The maximum Gasteiger partial charge on any atom is 0.196 e. The van der Waals surface area contributed by atoms with Gasteiger partial charge in [0.15, 0.2) is 5.53 Å². The van der Waals surface area contributed by atoms with E-state index < -0.39 is 5.53 Å². The highest BCUT2D eigenvalue weighted by Gasteiger charge is 2.18. The quantitative estimate of drug-likeness (QED) is 0.555. The summed E-state index contributed by atoms with van der Waals surface area (Å²) >= 11 is 0. The Balaban J connectivity index is 0.000000421. The second kappa shape index (κ2) is 13.0. The molecule has 0 saturated carbocycles. The van der Waals surface area contributed by atoms with Gasteiger partial charge in [0.05, 0.1) is 0 Å². The topological polar surface area (TPSA) is 38.0 Å². The second-order valence-electron chi connectivity index (χ2n) is 5.84. The van der Waals surface area contributed by atoms with Crippen molar-refractivity contribution < 1.29 is 4.39 Å². The lowest BCUT2D eigenvalue weighted by Gasteiger charge is -2.13. The minimum atomic E-state index is -1.80. The van der Waals surface area contributed by atoms with Crippen LogP contribution in [0.4, 0.5) is 4.39 Å². The molecule has 0 spiro atoms. The molecule has 2 aromatic rings. The SMILES string of the molecule is CC.CNCCC(C)c1ccccc1.Cc1ccc(C(N)(F)P)cc1. The molecule has 0 amide bonds. The molecular weight excluding hydrogens is 330 g/mol. The van der Waals surface area contributed by atoms with Crippen LogP contribution < -0.4 is 11.1 Å². The summed E-state index contributed by atoms with van der Waals surface area (Å²) in [6.45, 7) is 9.31. The molecule has 3 atom stereocenters. The van der Waals surface area contributed by atoms with E-state index in [-0.39, 0.29) is 0 Å². The van der Waals surface area contributed by atoms with Gasteiger partial charge in [-0.05, 0) is 38.4 Å². The highest BCUT2D eigenvalue weighted by atomic mass is 31.0. The number of alkyl halides is 1. The number of hydrogen-bond donors (Lipinski definition) is 2. The van der Waals surface area contributed by atoms with Crippen molar-refractivity contribution in [2.75, 3.05) is 13.6 Å². The van der Waals surface area contributed by atoms with Crippen LogP contribution >= 0.6 is 9.24 Å². The van der Waals surface area contributed by atoms with Gasteiger partial charge in [-0.15, -0.1) is 0 Å². The number of benzene rings is 2. The molecule has 2 rings (SSSR count). The van der Waals surface area contributed by atoms with Gasteiger partial charge in [-0.3, -0.25) is 5.73 Å². The summed E-state index contributed by atoms with van der Waals surface area (Å²) in [5.74, 6) is 0.665. The summed E-state index contributed by atoms with van der Waals surface area (Å²) in [6, 6.07) is 17.7. The number of nitrogens with two attached hydrogens (primary N) is 1. The predicted molar refractivity (Wildman–Crippen MR) is 113 cm³/mol. The molecule has 0 bridgehead atoms. The third-order valence-corrected chi connectivity index (χ3v) is 4.02. The lowest BCUT2D eigenvalue weighted by atomic mass is 9.98. The van der Waals surface area contributed by atoms with Crippen molar-refractivity contribution in [1.29, 1.82) is 0 Å². The summed E-state index contributed by atoms with van der Waals surface area (Å²) in [5, 5.41) is 3.17. The molecular formula is C21H34FN2P. The largest absolute Gasteiger partial charge is 0.320 e. The number of hydrogen-bond acceptors (Lipinski definition) is 2. The van der Waals surface area contributed by atoms with E-state index in [1.165, 1.54) is 12.0 Å². The van der Waals surface area contributed by atoms with Gasteiger partial charge in [0.25, 0.3) is 0 Å². The van der Waals surface area contributed by atoms with Gasteiger partial charge >= 0.3 is 0 Å². The molecule has 140 valence electrons. The molecule has 0 fully saturated rings. The van der Waals surface area contributed by atoms with Crippen molar-refractivity contribution in [3.63, 3.8) is 0 Å². The Kier molecular flexibility index (Phi) is 12.3. The van der Waals surface area contributed by atoms with Gasteiger partial charge in [0.2, 0.25) is 0 Å². The normalized spacial score (nSPS) is 13.4. The van der Waals surface area contributed by atoms with Gasteiger partial charge in [-0.25, -0.2) is 4.39 Å². The molecule has 25 heavy (non-hydrogen) atoms. The first-order chi connectivity index (χ1) is 11.8. The zero-order valence-electron chi connectivity index (χ0n) is 16.2. The fourth-order valence-corrected chi connectivity index (χ4v) is 2.31. The standard InChI is InChI=1S/C11H17N.C8H11FNP.C2H6/c1-10(8-9-12-2)11-6-4-3-5-7-11;1-6-2-4-7(5-3-6)8(9,10)11;1-2/h3-7,10,12H,8-9H2,1-2H3;2-5H,10-11H2,1H3;1-2H3. The van der Waals surface area contributed by atoms with E-state index in [0.717, 1.165) is 12.1 Å². The Morgan fingerprint density at radius 1 is 1.08 bits per heavy atom. The molecule has 2 nitrogen and oxygen atoms in total. The summed E-state index contributed by atoms with van der Waals surface area (Å²) in [5.41, 5.74) is 6.42. The van der Waals surface area contributed by atoms with E-state index in [0.29, 0.717) is 11.5 Å². The van der Waals surface area contributed by atoms with Crippen molar-refractivity contribution in [2.24, 2.45) is 5.73 Å². The van der Waals surface area contributed by atoms with Crippen molar-refractivity contribution in [2.45, 2.75) is 45.6 Å². The predicted octanol–water partition coefficient (Wildman–Crippen LogP) is 5.33. The number of nitrogens with one attached hydrogen (secondary N) is 1.